The average Bonchev–Trinajstić information content (AvgIpc) is 2.41. The molecule has 2 rings (SSSR count). The summed E-state index contributed by atoms with van der Waals surface area (Å²) in [6.07, 6.45) is 0.613. The number of alkyl halides is 1. The molecule has 0 spiro atoms. The van der Waals surface area contributed by atoms with Crippen LogP contribution in [-0.2, 0) is 14.6 Å². The third-order valence-corrected chi connectivity index (χ3v) is 6.73. The molecular weight excluding hydrogens is 364 g/mol. The van der Waals surface area contributed by atoms with Gasteiger partial charge in [0, 0.05) is 0 Å². The Morgan fingerprint density at radius 3 is 2.27 bits per heavy atom. The molecule has 0 fully saturated rings. The lowest BCUT2D eigenvalue weighted by Gasteiger charge is -2.36. The van der Waals surface area contributed by atoms with Gasteiger partial charge in [0.25, 0.3) is 0 Å². The number of carbonyl (C=O) groups is 1. The van der Waals surface area contributed by atoms with Crippen molar-refractivity contribution in [3.8, 4) is 0 Å². The molecule has 1 aliphatic rings. The molecule has 1 unspecified atom stereocenters. The maximum absolute atomic E-state index is 12.7. The van der Waals surface area contributed by atoms with Crippen LogP contribution in [0.15, 0.2) is 40.3 Å². The Bertz CT molecular complexity index is 728. The van der Waals surface area contributed by atoms with Crippen LogP contribution in [0.3, 0.4) is 0 Å². The number of benzene rings is 1. The van der Waals surface area contributed by atoms with E-state index in [1.54, 1.807) is 31.2 Å². The molecule has 1 atom stereocenters. The summed E-state index contributed by atoms with van der Waals surface area (Å²) in [7, 11) is -3.45. The van der Waals surface area contributed by atoms with Crippen molar-refractivity contribution in [1.82, 2.24) is 0 Å². The van der Waals surface area contributed by atoms with Crippen LogP contribution in [-0.4, -0.2) is 24.8 Å². The van der Waals surface area contributed by atoms with Crippen LogP contribution >= 0.6 is 15.9 Å². The number of halogens is 1. The molecular formula is C17H21BrO3S. The van der Waals surface area contributed by atoms with E-state index < -0.39 is 9.84 Å². The van der Waals surface area contributed by atoms with Crippen LogP contribution in [0.2, 0.25) is 0 Å². The van der Waals surface area contributed by atoms with Gasteiger partial charge in [-0.05, 0) is 49.0 Å². The van der Waals surface area contributed by atoms with Crippen molar-refractivity contribution in [3.63, 3.8) is 0 Å². The number of rotatable bonds is 3. The maximum atomic E-state index is 12.7. The zero-order valence-corrected chi connectivity index (χ0v) is 15.7. The molecule has 0 radical (unpaired) electrons. The second kappa shape index (κ2) is 5.93. The van der Waals surface area contributed by atoms with E-state index in [1.807, 2.05) is 20.8 Å². The molecule has 120 valence electrons. The van der Waals surface area contributed by atoms with Gasteiger partial charge in [0.1, 0.15) is 0 Å². The summed E-state index contributed by atoms with van der Waals surface area (Å²) in [6, 6.07) is 6.84. The highest BCUT2D eigenvalue weighted by atomic mass is 79.9. The quantitative estimate of drug-likeness (QED) is 0.743. The topological polar surface area (TPSA) is 51.2 Å². The van der Waals surface area contributed by atoms with E-state index in [0.29, 0.717) is 16.9 Å². The third kappa shape index (κ3) is 3.35. The minimum absolute atomic E-state index is 0.00608. The van der Waals surface area contributed by atoms with Gasteiger partial charge in [-0.1, -0.05) is 47.5 Å². The number of ketones is 1. The van der Waals surface area contributed by atoms with E-state index in [1.165, 1.54) is 0 Å². The normalized spacial score (nSPS) is 22.0. The molecule has 0 aromatic heterocycles. The van der Waals surface area contributed by atoms with Crippen LogP contribution in [0.25, 0.3) is 0 Å². The van der Waals surface area contributed by atoms with E-state index in [2.05, 4.69) is 15.9 Å². The lowest BCUT2D eigenvalue weighted by Crippen LogP contribution is -2.35. The number of hydrogen-bond donors (Lipinski definition) is 0. The Balaban J connectivity index is 2.43. The Kier molecular flexibility index (Phi) is 4.69. The first-order valence-corrected chi connectivity index (χ1v) is 9.79. The fourth-order valence-corrected chi connectivity index (χ4v) is 5.74. The summed E-state index contributed by atoms with van der Waals surface area (Å²) < 4.78 is 25.4. The predicted octanol–water partition coefficient (Wildman–Crippen LogP) is 3.85. The maximum Gasteiger partial charge on any atom is 0.182 e. The van der Waals surface area contributed by atoms with Gasteiger partial charge in [-0.15, -0.1) is 0 Å². The first-order chi connectivity index (χ1) is 10.0. The van der Waals surface area contributed by atoms with Gasteiger partial charge in [-0.3, -0.25) is 4.79 Å². The van der Waals surface area contributed by atoms with E-state index >= 15 is 0 Å². The molecule has 0 heterocycles. The van der Waals surface area contributed by atoms with E-state index in [0.717, 1.165) is 11.1 Å². The van der Waals surface area contributed by atoms with Crippen molar-refractivity contribution in [2.24, 2.45) is 5.41 Å². The summed E-state index contributed by atoms with van der Waals surface area (Å²) in [4.78, 5) is 12.3. The van der Waals surface area contributed by atoms with Crippen LogP contribution in [0.5, 0.6) is 0 Å². The monoisotopic (exact) mass is 384 g/mol. The summed E-state index contributed by atoms with van der Waals surface area (Å²) in [5.41, 5.74) is 2.01. The molecule has 3 nitrogen and oxygen atoms in total. The number of aryl methyl sites for hydroxylation is 1. The highest BCUT2D eigenvalue weighted by Gasteiger charge is 2.39. The molecule has 0 saturated heterocycles. The van der Waals surface area contributed by atoms with Crippen LogP contribution < -0.4 is 0 Å². The molecule has 0 bridgehead atoms. The zero-order valence-electron chi connectivity index (χ0n) is 13.3. The predicted molar refractivity (Wildman–Crippen MR) is 92.1 cm³/mol. The molecule has 22 heavy (non-hydrogen) atoms. The Labute approximate surface area is 140 Å². The first-order valence-electron chi connectivity index (χ1n) is 7.22. The molecule has 1 aromatic carbocycles. The standard InChI is InChI=1S/C17H21BrO3S/c1-11-5-7-13(8-6-11)22(20,21)10-14-12(2)16(19)15(18)9-17(14,3)4/h5-8,15H,9-10H2,1-4H3. The SMILES string of the molecule is CC1=C(CS(=O)(=O)c2ccc(C)cc2)C(C)(C)CC(Br)C1=O. The van der Waals surface area contributed by atoms with Crippen molar-refractivity contribution in [3.05, 3.63) is 41.0 Å². The zero-order chi connectivity index (χ0) is 16.7. The minimum Gasteiger partial charge on any atom is -0.293 e. The number of hydrogen-bond acceptors (Lipinski definition) is 3. The molecule has 1 aromatic rings. The van der Waals surface area contributed by atoms with E-state index in [4.69, 9.17) is 0 Å². The second-order valence-electron chi connectivity index (χ2n) is 6.60. The summed E-state index contributed by atoms with van der Waals surface area (Å²) in [5, 5.41) is 0. The van der Waals surface area contributed by atoms with Gasteiger partial charge < -0.3 is 0 Å². The fourth-order valence-electron chi connectivity index (χ4n) is 2.88. The van der Waals surface area contributed by atoms with Gasteiger partial charge in [-0.2, -0.15) is 0 Å². The summed E-state index contributed by atoms with van der Waals surface area (Å²) in [6.45, 7) is 7.65. The average molecular weight is 385 g/mol. The molecule has 0 N–H and O–H groups in total. The highest BCUT2D eigenvalue weighted by molar-refractivity contribution is 9.10. The van der Waals surface area contributed by atoms with Crippen molar-refractivity contribution in [2.75, 3.05) is 5.75 Å². The second-order valence-corrected chi connectivity index (χ2v) is 9.69. The largest absolute Gasteiger partial charge is 0.293 e. The van der Waals surface area contributed by atoms with Crippen LogP contribution in [0, 0.1) is 12.3 Å². The Morgan fingerprint density at radius 1 is 1.18 bits per heavy atom. The third-order valence-electron chi connectivity index (χ3n) is 4.33. The first kappa shape index (κ1) is 17.4. The lowest BCUT2D eigenvalue weighted by molar-refractivity contribution is -0.116. The Morgan fingerprint density at radius 2 is 1.73 bits per heavy atom. The number of carbonyl (C=O) groups excluding carboxylic acids is 1. The molecule has 0 saturated carbocycles. The minimum atomic E-state index is -3.45. The number of Topliss-reactive ketones (excluding diaryl/α,β-unsaturated/α-hetero) is 1. The summed E-state index contributed by atoms with van der Waals surface area (Å²) in [5.74, 6) is -0.103. The van der Waals surface area contributed by atoms with Crippen molar-refractivity contribution in [2.45, 2.75) is 43.8 Å². The smallest absolute Gasteiger partial charge is 0.182 e. The molecule has 5 heteroatoms. The van der Waals surface area contributed by atoms with Crippen LogP contribution in [0.1, 0.15) is 32.8 Å². The highest BCUT2D eigenvalue weighted by Crippen LogP contribution is 2.42. The van der Waals surface area contributed by atoms with Gasteiger partial charge in [-0.25, -0.2) is 8.42 Å². The Hall–Kier alpha value is -0.940. The van der Waals surface area contributed by atoms with Gasteiger partial charge in [0.15, 0.2) is 15.6 Å². The van der Waals surface area contributed by atoms with E-state index in [9.17, 15) is 13.2 Å². The van der Waals surface area contributed by atoms with Gasteiger partial charge >= 0.3 is 0 Å². The van der Waals surface area contributed by atoms with Crippen molar-refractivity contribution < 1.29 is 13.2 Å². The lowest BCUT2D eigenvalue weighted by atomic mass is 9.73. The fraction of sp³-hybridized carbons (Fsp3) is 0.471. The van der Waals surface area contributed by atoms with E-state index in [-0.39, 0.29) is 21.8 Å². The van der Waals surface area contributed by atoms with Crippen LogP contribution in [0.4, 0.5) is 0 Å². The molecule has 0 aliphatic heterocycles. The van der Waals surface area contributed by atoms with Gasteiger partial charge in [0.2, 0.25) is 0 Å². The number of sulfone groups is 1. The van der Waals surface area contributed by atoms with Gasteiger partial charge in [0.05, 0.1) is 15.5 Å². The van der Waals surface area contributed by atoms with Crippen molar-refractivity contribution in [1.29, 1.82) is 0 Å². The molecule has 0 amide bonds. The van der Waals surface area contributed by atoms with Crippen molar-refractivity contribution >= 4 is 31.6 Å². The number of allylic oxidation sites excluding steroid dienone is 1. The molecule has 1 aliphatic carbocycles. The summed E-state index contributed by atoms with van der Waals surface area (Å²) >= 11 is 3.40.